The molecule has 8 heteroatoms. The zero-order valence-corrected chi connectivity index (χ0v) is 12.8. The number of nitriles is 1. The Hall–Kier alpha value is -3.73. The quantitative estimate of drug-likeness (QED) is 0.572. The summed E-state index contributed by atoms with van der Waals surface area (Å²) in [6, 6.07) is 14.7. The van der Waals surface area contributed by atoms with Crippen molar-refractivity contribution in [2.24, 2.45) is 5.92 Å². The van der Waals surface area contributed by atoms with E-state index in [4.69, 9.17) is 0 Å². The molecule has 122 valence electrons. The van der Waals surface area contributed by atoms with Gasteiger partial charge in [-0.1, -0.05) is 24.3 Å². The Balaban J connectivity index is 1.94. The van der Waals surface area contributed by atoms with E-state index in [1.165, 1.54) is 12.1 Å². The largest absolute Gasteiger partial charge is 0.300 e. The van der Waals surface area contributed by atoms with Crippen LogP contribution in [0, 0.1) is 27.4 Å². The van der Waals surface area contributed by atoms with Gasteiger partial charge in [0.05, 0.1) is 28.1 Å². The second-order valence-corrected chi connectivity index (χ2v) is 5.68. The summed E-state index contributed by atoms with van der Waals surface area (Å²) in [5.74, 6) is -1.04. The smallest absolute Gasteiger partial charge is 0.269 e. The monoisotopic (exact) mass is 333 g/mol. The summed E-state index contributed by atoms with van der Waals surface area (Å²) in [4.78, 5) is 27.1. The highest BCUT2D eigenvalue weighted by atomic mass is 16.6. The van der Waals surface area contributed by atoms with Crippen molar-refractivity contribution < 1.29 is 9.72 Å². The first-order valence-electron chi connectivity index (χ1n) is 7.52. The van der Waals surface area contributed by atoms with Crippen molar-refractivity contribution in [2.75, 3.05) is 5.32 Å². The van der Waals surface area contributed by atoms with Gasteiger partial charge in [0.25, 0.3) is 5.69 Å². The first-order chi connectivity index (χ1) is 12.1. The van der Waals surface area contributed by atoms with Crippen molar-refractivity contribution in [2.45, 2.75) is 6.04 Å². The molecule has 0 saturated heterocycles. The van der Waals surface area contributed by atoms with Gasteiger partial charge in [0.15, 0.2) is 5.92 Å². The number of non-ortho nitro benzene ring substituents is 1. The van der Waals surface area contributed by atoms with Crippen LogP contribution in [-0.4, -0.2) is 20.4 Å². The summed E-state index contributed by atoms with van der Waals surface area (Å²) in [6.07, 6.45) is 0. The number of carbonyl (C=O) groups is 1. The maximum Gasteiger partial charge on any atom is 0.269 e. The number of imidazole rings is 1. The zero-order chi connectivity index (χ0) is 17.6. The molecule has 1 amide bonds. The van der Waals surface area contributed by atoms with Crippen LogP contribution >= 0.6 is 0 Å². The molecule has 0 unspecified atom stereocenters. The van der Waals surface area contributed by atoms with E-state index in [0.29, 0.717) is 17.0 Å². The number of anilines is 1. The van der Waals surface area contributed by atoms with Crippen LogP contribution in [0.1, 0.15) is 11.6 Å². The summed E-state index contributed by atoms with van der Waals surface area (Å²) < 4.78 is 1.80. The van der Waals surface area contributed by atoms with Crippen molar-refractivity contribution >= 4 is 28.6 Å². The van der Waals surface area contributed by atoms with Crippen LogP contribution in [0.3, 0.4) is 0 Å². The highest BCUT2D eigenvalue weighted by Gasteiger charge is 2.38. The number of hydrogen-bond donors (Lipinski definition) is 1. The normalized spacial score (nSPS) is 19.1. The van der Waals surface area contributed by atoms with E-state index in [1.807, 2.05) is 30.3 Å². The van der Waals surface area contributed by atoms with Crippen molar-refractivity contribution in [1.82, 2.24) is 9.55 Å². The van der Waals surface area contributed by atoms with Crippen LogP contribution in [0.4, 0.5) is 11.6 Å². The van der Waals surface area contributed by atoms with Crippen LogP contribution in [0.15, 0.2) is 48.5 Å². The summed E-state index contributed by atoms with van der Waals surface area (Å²) in [5, 5.41) is 23.0. The lowest BCUT2D eigenvalue weighted by atomic mass is 9.91. The lowest BCUT2D eigenvalue weighted by molar-refractivity contribution is -0.384. The molecule has 2 heterocycles. The number of nitro benzene ring substituents is 1. The van der Waals surface area contributed by atoms with Gasteiger partial charge >= 0.3 is 0 Å². The molecule has 0 saturated carbocycles. The Morgan fingerprint density at radius 3 is 2.60 bits per heavy atom. The lowest BCUT2D eigenvalue weighted by Gasteiger charge is -2.29. The Morgan fingerprint density at radius 1 is 1.20 bits per heavy atom. The van der Waals surface area contributed by atoms with Gasteiger partial charge < -0.3 is 4.57 Å². The third-order valence-corrected chi connectivity index (χ3v) is 4.29. The maximum atomic E-state index is 12.3. The molecule has 25 heavy (non-hydrogen) atoms. The van der Waals surface area contributed by atoms with E-state index in [-0.39, 0.29) is 5.69 Å². The van der Waals surface area contributed by atoms with Gasteiger partial charge in [0, 0.05) is 12.1 Å². The van der Waals surface area contributed by atoms with Gasteiger partial charge in [-0.3, -0.25) is 20.2 Å². The molecule has 1 N–H and O–H groups in total. The minimum atomic E-state index is -0.966. The number of carbonyl (C=O) groups excluding carboxylic acids is 1. The zero-order valence-electron chi connectivity index (χ0n) is 12.8. The second kappa shape index (κ2) is 5.42. The minimum absolute atomic E-state index is 0.0479. The van der Waals surface area contributed by atoms with E-state index in [2.05, 4.69) is 10.3 Å². The average Bonchev–Trinajstić information content (AvgIpc) is 2.98. The van der Waals surface area contributed by atoms with E-state index in [1.54, 1.807) is 16.7 Å². The molecule has 1 aliphatic rings. The highest BCUT2D eigenvalue weighted by Crippen LogP contribution is 2.38. The predicted octanol–water partition coefficient (Wildman–Crippen LogP) is 2.63. The summed E-state index contributed by atoms with van der Waals surface area (Å²) in [7, 11) is 0. The number of nitro groups is 1. The molecule has 8 nitrogen and oxygen atoms in total. The SMILES string of the molecule is N#C[C@H]1C(=O)Nc2nc3ccccc3n2[C@@H]1c1ccc([N+](=O)[O-])cc1. The minimum Gasteiger partial charge on any atom is -0.300 e. The predicted molar refractivity (Wildman–Crippen MR) is 88.7 cm³/mol. The molecule has 0 bridgehead atoms. The Kier molecular flexibility index (Phi) is 3.22. The van der Waals surface area contributed by atoms with Crippen molar-refractivity contribution in [1.29, 1.82) is 5.26 Å². The Labute approximate surface area is 141 Å². The van der Waals surface area contributed by atoms with Crippen LogP contribution in [0.2, 0.25) is 0 Å². The fourth-order valence-corrected chi connectivity index (χ4v) is 3.16. The van der Waals surface area contributed by atoms with Crippen molar-refractivity contribution in [3.8, 4) is 6.07 Å². The second-order valence-electron chi connectivity index (χ2n) is 5.68. The molecule has 0 radical (unpaired) electrons. The van der Waals surface area contributed by atoms with Crippen LogP contribution in [0.25, 0.3) is 11.0 Å². The number of hydrogen-bond acceptors (Lipinski definition) is 5. The van der Waals surface area contributed by atoms with Gasteiger partial charge in [-0.2, -0.15) is 5.26 Å². The third kappa shape index (κ3) is 2.21. The molecule has 2 aromatic carbocycles. The number of nitrogens with zero attached hydrogens (tertiary/aromatic N) is 4. The van der Waals surface area contributed by atoms with E-state index in [0.717, 1.165) is 5.52 Å². The Morgan fingerprint density at radius 2 is 1.92 bits per heavy atom. The fourth-order valence-electron chi connectivity index (χ4n) is 3.16. The molecule has 2 atom stereocenters. The highest BCUT2D eigenvalue weighted by molar-refractivity contribution is 5.97. The van der Waals surface area contributed by atoms with Crippen LogP contribution in [0.5, 0.6) is 0 Å². The number of fused-ring (bicyclic) bond motifs is 3. The van der Waals surface area contributed by atoms with Crippen molar-refractivity contribution in [3.63, 3.8) is 0 Å². The van der Waals surface area contributed by atoms with E-state index < -0.39 is 22.8 Å². The summed E-state index contributed by atoms with van der Waals surface area (Å²) >= 11 is 0. The van der Waals surface area contributed by atoms with Gasteiger partial charge in [0.1, 0.15) is 0 Å². The third-order valence-electron chi connectivity index (χ3n) is 4.29. The summed E-state index contributed by atoms with van der Waals surface area (Å²) in [6.45, 7) is 0. The molecular formula is C17H11N5O3. The number of rotatable bonds is 2. The van der Waals surface area contributed by atoms with E-state index >= 15 is 0 Å². The van der Waals surface area contributed by atoms with Crippen LogP contribution < -0.4 is 5.32 Å². The fraction of sp³-hybridized carbons (Fsp3) is 0.118. The standard InChI is InChI=1S/C17H11N5O3/c18-9-12-15(10-5-7-11(8-6-10)22(24)25)21-14-4-2-1-3-13(14)19-17(21)20-16(12)23/h1-8,12,15H,(H,19,20,23)/t12-,15-/m1/s1. The molecule has 0 spiro atoms. The number of nitrogens with one attached hydrogen (secondary N) is 1. The van der Waals surface area contributed by atoms with Gasteiger partial charge in [-0.05, 0) is 17.7 Å². The lowest BCUT2D eigenvalue weighted by Crippen LogP contribution is -2.37. The average molecular weight is 333 g/mol. The topological polar surface area (TPSA) is 114 Å². The number of amides is 1. The molecule has 4 rings (SSSR count). The molecular weight excluding hydrogens is 322 g/mol. The van der Waals surface area contributed by atoms with Crippen molar-refractivity contribution in [3.05, 3.63) is 64.2 Å². The molecule has 0 fully saturated rings. The number of benzene rings is 2. The molecule has 1 aliphatic heterocycles. The Bertz CT molecular complexity index is 1050. The number of aromatic nitrogens is 2. The molecule has 1 aromatic heterocycles. The molecule has 0 aliphatic carbocycles. The van der Waals surface area contributed by atoms with Gasteiger partial charge in [0.2, 0.25) is 11.9 Å². The first-order valence-corrected chi connectivity index (χ1v) is 7.52. The maximum absolute atomic E-state index is 12.3. The van der Waals surface area contributed by atoms with Gasteiger partial charge in [-0.15, -0.1) is 0 Å². The van der Waals surface area contributed by atoms with E-state index in [9.17, 15) is 20.2 Å². The van der Waals surface area contributed by atoms with Crippen LogP contribution in [-0.2, 0) is 4.79 Å². The van der Waals surface area contributed by atoms with Gasteiger partial charge in [-0.25, -0.2) is 4.98 Å². The first kappa shape index (κ1) is 14.8. The number of para-hydroxylation sites is 2. The molecule has 3 aromatic rings. The summed E-state index contributed by atoms with van der Waals surface area (Å²) in [5.41, 5.74) is 2.06.